The molecule has 0 saturated heterocycles. The fraction of sp³-hybridized carbons (Fsp3) is 0. The van der Waals surface area contributed by atoms with E-state index >= 15 is 0 Å². The SMILES string of the molecule is O=Cc1cn(-c2ccc(F)cc2F)nc1-c1nccs1. The number of nitrogens with zero attached hydrogens (tertiary/aromatic N) is 3. The van der Waals surface area contributed by atoms with E-state index in [9.17, 15) is 13.6 Å². The van der Waals surface area contributed by atoms with Crippen LogP contribution in [-0.2, 0) is 0 Å². The zero-order valence-corrected chi connectivity index (χ0v) is 10.8. The summed E-state index contributed by atoms with van der Waals surface area (Å²) in [6, 6.07) is 3.16. The molecule has 0 atom stereocenters. The standard InChI is InChI=1S/C13H7F2N3OS/c14-9-1-2-11(10(15)5-9)18-6-8(7-19)12(17-18)13-16-3-4-20-13/h1-7H. The Hall–Kier alpha value is -2.41. The predicted molar refractivity (Wildman–Crippen MR) is 70.0 cm³/mol. The summed E-state index contributed by atoms with van der Waals surface area (Å²) in [6.45, 7) is 0. The number of hydrogen-bond donors (Lipinski definition) is 0. The summed E-state index contributed by atoms with van der Waals surface area (Å²) in [5.41, 5.74) is 0.736. The number of hydrogen-bond acceptors (Lipinski definition) is 4. The Labute approximate surface area is 116 Å². The number of thiazole rings is 1. The molecule has 0 N–H and O–H groups in total. The molecule has 0 radical (unpaired) electrons. The second-order valence-corrected chi connectivity index (χ2v) is 4.82. The Morgan fingerprint density at radius 2 is 2.15 bits per heavy atom. The van der Waals surface area contributed by atoms with Crippen molar-refractivity contribution in [2.45, 2.75) is 0 Å². The maximum absolute atomic E-state index is 13.7. The first-order valence-corrected chi connectivity index (χ1v) is 6.47. The van der Waals surface area contributed by atoms with E-state index in [-0.39, 0.29) is 5.69 Å². The number of carbonyl (C=O) groups excluding carboxylic acids is 1. The Kier molecular flexibility index (Phi) is 3.11. The van der Waals surface area contributed by atoms with Crippen LogP contribution in [0.2, 0.25) is 0 Å². The summed E-state index contributed by atoms with van der Waals surface area (Å²) in [7, 11) is 0. The van der Waals surface area contributed by atoms with Crippen LogP contribution in [0.1, 0.15) is 10.4 Å². The van der Waals surface area contributed by atoms with Crippen LogP contribution in [0.3, 0.4) is 0 Å². The summed E-state index contributed by atoms with van der Waals surface area (Å²) in [4.78, 5) is 15.1. The van der Waals surface area contributed by atoms with Crippen LogP contribution < -0.4 is 0 Å². The van der Waals surface area contributed by atoms with Gasteiger partial charge in [0.05, 0.1) is 5.56 Å². The highest BCUT2D eigenvalue weighted by atomic mass is 32.1. The van der Waals surface area contributed by atoms with E-state index in [1.807, 2.05) is 0 Å². The smallest absolute Gasteiger partial charge is 0.153 e. The predicted octanol–water partition coefficient (Wildman–Crippen LogP) is 3.09. The number of rotatable bonds is 3. The molecule has 0 fully saturated rings. The first-order chi connectivity index (χ1) is 9.69. The van der Waals surface area contributed by atoms with Crippen molar-refractivity contribution in [1.82, 2.24) is 14.8 Å². The van der Waals surface area contributed by atoms with E-state index in [4.69, 9.17) is 0 Å². The average molecular weight is 291 g/mol. The molecule has 100 valence electrons. The van der Waals surface area contributed by atoms with Crippen molar-refractivity contribution in [3.63, 3.8) is 0 Å². The van der Waals surface area contributed by atoms with Crippen molar-refractivity contribution in [2.24, 2.45) is 0 Å². The van der Waals surface area contributed by atoms with Gasteiger partial charge >= 0.3 is 0 Å². The third-order valence-corrected chi connectivity index (χ3v) is 3.44. The van der Waals surface area contributed by atoms with Crippen LogP contribution in [0, 0.1) is 11.6 Å². The number of aldehydes is 1. The molecular weight excluding hydrogens is 284 g/mol. The summed E-state index contributed by atoms with van der Waals surface area (Å²) in [5, 5.41) is 6.47. The molecule has 3 aromatic rings. The molecule has 0 unspecified atom stereocenters. The lowest BCUT2D eigenvalue weighted by Crippen LogP contribution is -1.99. The van der Waals surface area contributed by atoms with Crippen LogP contribution in [-0.4, -0.2) is 21.1 Å². The highest BCUT2D eigenvalue weighted by Gasteiger charge is 2.15. The molecule has 4 nitrogen and oxygen atoms in total. The van der Waals surface area contributed by atoms with Crippen LogP contribution in [0.5, 0.6) is 0 Å². The second kappa shape index (κ2) is 4.93. The van der Waals surface area contributed by atoms with Crippen LogP contribution >= 0.6 is 11.3 Å². The number of halogens is 2. The van der Waals surface area contributed by atoms with E-state index in [1.165, 1.54) is 28.3 Å². The van der Waals surface area contributed by atoms with Gasteiger partial charge in [0.1, 0.15) is 22.2 Å². The van der Waals surface area contributed by atoms with Gasteiger partial charge in [0, 0.05) is 23.8 Å². The average Bonchev–Trinajstić information content (AvgIpc) is 3.07. The molecule has 2 aromatic heterocycles. The van der Waals surface area contributed by atoms with Gasteiger partial charge in [-0.1, -0.05) is 0 Å². The summed E-state index contributed by atoms with van der Waals surface area (Å²) in [5.74, 6) is -1.43. The van der Waals surface area contributed by atoms with Crippen molar-refractivity contribution in [1.29, 1.82) is 0 Å². The van der Waals surface area contributed by atoms with Gasteiger partial charge in [0.25, 0.3) is 0 Å². The highest BCUT2D eigenvalue weighted by Crippen LogP contribution is 2.25. The molecule has 7 heteroatoms. The fourth-order valence-corrected chi connectivity index (χ4v) is 2.41. The first kappa shape index (κ1) is 12.6. The quantitative estimate of drug-likeness (QED) is 0.697. The Morgan fingerprint density at radius 1 is 1.30 bits per heavy atom. The van der Waals surface area contributed by atoms with Crippen molar-refractivity contribution in [2.75, 3.05) is 0 Å². The number of benzene rings is 1. The van der Waals surface area contributed by atoms with E-state index in [1.54, 1.807) is 11.6 Å². The van der Waals surface area contributed by atoms with E-state index in [0.29, 0.717) is 22.6 Å². The summed E-state index contributed by atoms with van der Waals surface area (Å²) >= 11 is 1.32. The number of carbonyl (C=O) groups is 1. The molecule has 2 heterocycles. The van der Waals surface area contributed by atoms with Crippen molar-refractivity contribution in [3.05, 3.63) is 53.2 Å². The Morgan fingerprint density at radius 3 is 2.80 bits per heavy atom. The fourth-order valence-electron chi connectivity index (χ4n) is 1.77. The molecule has 0 amide bonds. The zero-order chi connectivity index (χ0) is 14.1. The van der Waals surface area contributed by atoms with Crippen LogP contribution in [0.4, 0.5) is 8.78 Å². The lowest BCUT2D eigenvalue weighted by molar-refractivity contribution is 0.112. The molecule has 3 rings (SSSR count). The van der Waals surface area contributed by atoms with E-state index < -0.39 is 11.6 Å². The third-order valence-electron chi connectivity index (χ3n) is 2.66. The molecule has 0 saturated carbocycles. The number of aromatic nitrogens is 3. The zero-order valence-electron chi connectivity index (χ0n) is 9.96. The van der Waals surface area contributed by atoms with Crippen LogP contribution in [0.25, 0.3) is 16.4 Å². The van der Waals surface area contributed by atoms with Crippen LogP contribution in [0.15, 0.2) is 36.0 Å². The van der Waals surface area contributed by atoms with Gasteiger partial charge < -0.3 is 0 Å². The van der Waals surface area contributed by atoms with Gasteiger partial charge in [-0.15, -0.1) is 11.3 Å². The van der Waals surface area contributed by atoms with Crippen molar-refractivity contribution < 1.29 is 13.6 Å². The normalized spacial score (nSPS) is 10.7. The Balaban J connectivity index is 2.14. The first-order valence-electron chi connectivity index (χ1n) is 5.59. The second-order valence-electron chi connectivity index (χ2n) is 3.93. The van der Waals surface area contributed by atoms with Gasteiger partial charge in [-0.25, -0.2) is 18.4 Å². The minimum Gasteiger partial charge on any atom is -0.298 e. The van der Waals surface area contributed by atoms with Gasteiger partial charge in [0.2, 0.25) is 0 Å². The molecule has 0 aliphatic carbocycles. The van der Waals surface area contributed by atoms with E-state index in [2.05, 4.69) is 10.1 Å². The molecule has 0 spiro atoms. The minimum atomic E-state index is -0.754. The maximum Gasteiger partial charge on any atom is 0.153 e. The minimum absolute atomic E-state index is 0.0670. The topological polar surface area (TPSA) is 47.8 Å². The molecule has 0 aliphatic rings. The van der Waals surface area contributed by atoms with Gasteiger partial charge in [0.15, 0.2) is 12.1 Å². The largest absolute Gasteiger partial charge is 0.298 e. The van der Waals surface area contributed by atoms with Gasteiger partial charge in [-0.3, -0.25) is 4.79 Å². The van der Waals surface area contributed by atoms with Gasteiger partial charge in [-0.05, 0) is 12.1 Å². The van der Waals surface area contributed by atoms with Crippen molar-refractivity contribution in [3.8, 4) is 16.4 Å². The summed E-state index contributed by atoms with van der Waals surface area (Å²) in [6.07, 6.45) is 3.60. The maximum atomic E-state index is 13.7. The lowest BCUT2D eigenvalue weighted by atomic mass is 10.3. The van der Waals surface area contributed by atoms with Gasteiger partial charge in [-0.2, -0.15) is 5.10 Å². The molecule has 0 bridgehead atoms. The Bertz CT molecular complexity index is 768. The molecule has 0 aliphatic heterocycles. The highest BCUT2D eigenvalue weighted by molar-refractivity contribution is 7.13. The summed E-state index contributed by atoms with van der Waals surface area (Å²) < 4.78 is 27.8. The van der Waals surface area contributed by atoms with E-state index in [0.717, 1.165) is 12.1 Å². The monoisotopic (exact) mass is 291 g/mol. The third kappa shape index (κ3) is 2.12. The molecular formula is C13H7F2N3OS. The molecule has 20 heavy (non-hydrogen) atoms. The lowest BCUT2D eigenvalue weighted by Gasteiger charge is -2.02. The van der Waals surface area contributed by atoms with Crippen molar-refractivity contribution >= 4 is 17.6 Å². The molecule has 1 aromatic carbocycles.